The summed E-state index contributed by atoms with van der Waals surface area (Å²) in [6, 6.07) is 14.1. The van der Waals surface area contributed by atoms with E-state index in [4.69, 9.17) is 5.11 Å². The molecule has 0 bridgehead atoms. The van der Waals surface area contributed by atoms with Gasteiger partial charge in [-0.2, -0.15) is 0 Å². The van der Waals surface area contributed by atoms with Gasteiger partial charge in [-0.15, -0.1) is 0 Å². The van der Waals surface area contributed by atoms with Gasteiger partial charge in [-0.05, 0) is 35.2 Å². The van der Waals surface area contributed by atoms with Crippen LogP contribution in [0.15, 0.2) is 42.5 Å². The molecule has 0 amide bonds. The molecule has 2 aromatic carbocycles. The highest BCUT2D eigenvalue weighted by molar-refractivity contribution is 5.89. The quantitative estimate of drug-likeness (QED) is 0.928. The van der Waals surface area contributed by atoms with E-state index in [0.717, 1.165) is 25.2 Å². The van der Waals surface area contributed by atoms with Gasteiger partial charge < -0.3 is 5.11 Å². The van der Waals surface area contributed by atoms with E-state index < -0.39 is 5.97 Å². The minimum absolute atomic E-state index is 0.387. The van der Waals surface area contributed by atoms with Crippen molar-refractivity contribution in [1.82, 2.24) is 4.90 Å². The molecule has 0 radical (unpaired) electrons. The Kier molecular flexibility index (Phi) is 3.28. The lowest BCUT2D eigenvalue weighted by atomic mass is 10.0. The third-order valence-corrected chi connectivity index (χ3v) is 3.83. The number of aryl methyl sites for hydroxylation is 1. The molecule has 3 heteroatoms. The molecular formula is C17H17NO2. The molecule has 1 aliphatic rings. The normalized spacial score (nSPS) is 14.2. The van der Waals surface area contributed by atoms with Crippen molar-refractivity contribution in [3.05, 3.63) is 70.3 Å². The molecule has 0 atom stereocenters. The van der Waals surface area contributed by atoms with Crippen LogP contribution in [0.1, 0.15) is 32.6 Å². The second-order valence-electron chi connectivity index (χ2n) is 5.37. The molecule has 1 heterocycles. The van der Waals surface area contributed by atoms with Gasteiger partial charge in [0, 0.05) is 19.6 Å². The zero-order valence-corrected chi connectivity index (χ0v) is 11.5. The number of hydrogen-bond acceptors (Lipinski definition) is 2. The molecule has 0 aromatic heterocycles. The minimum Gasteiger partial charge on any atom is -0.478 e. The second-order valence-corrected chi connectivity index (χ2v) is 5.37. The van der Waals surface area contributed by atoms with E-state index in [-0.39, 0.29) is 0 Å². The van der Waals surface area contributed by atoms with E-state index in [1.54, 1.807) is 6.07 Å². The van der Waals surface area contributed by atoms with Gasteiger partial charge in [0.1, 0.15) is 0 Å². The summed E-state index contributed by atoms with van der Waals surface area (Å²) in [6.45, 7) is 4.65. The summed E-state index contributed by atoms with van der Waals surface area (Å²) in [5, 5.41) is 9.05. The van der Waals surface area contributed by atoms with E-state index in [0.29, 0.717) is 5.56 Å². The Bertz CT molecular complexity index is 639. The third kappa shape index (κ3) is 2.45. The van der Waals surface area contributed by atoms with Crippen molar-refractivity contribution >= 4 is 5.97 Å². The number of fused-ring (bicyclic) bond motifs is 1. The smallest absolute Gasteiger partial charge is 0.335 e. The van der Waals surface area contributed by atoms with Crippen molar-refractivity contribution < 1.29 is 9.90 Å². The van der Waals surface area contributed by atoms with Gasteiger partial charge in [-0.1, -0.05) is 36.4 Å². The Balaban J connectivity index is 1.74. The molecular weight excluding hydrogens is 250 g/mol. The molecule has 2 aromatic rings. The number of rotatable bonds is 3. The fourth-order valence-corrected chi connectivity index (χ4v) is 2.84. The summed E-state index contributed by atoms with van der Waals surface area (Å²) in [5.74, 6) is -0.859. The molecule has 0 unspecified atom stereocenters. The predicted molar refractivity (Wildman–Crippen MR) is 77.5 cm³/mol. The number of carbonyl (C=O) groups is 1. The van der Waals surface area contributed by atoms with Crippen molar-refractivity contribution in [3.8, 4) is 0 Å². The molecule has 1 aliphatic heterocycles. The molecule has 0 aliphatic carbocycles. The monoisotopic (exact) mass is 267 g/mol. The van der Waals surface area contributed by atoms with Crippen molar-refractivity contribution in [3.63, 3.8) is 0 Å². The van der Waals surface area contributed by atoms with Crippen LogP contribution in [0.4, 0.5) is 0 Å². The number of hydrogen-bond donors (Lipinski definition) is 1. The minimum atomic E-state index is -0.859. The maximum Gasteiger partial charge on any atom is 0.335 e. The summed E-state index contributed by atoms with van der Waals surface area (Å²) in [7, 11) is 0. The molecule has 0 spiro atoms. The summed E-state index contributed by atoms with van der Waals surface area (Å²) >= 11 is 0. The number of nitrogens with zero attached hydrogens (tertiary/aromatic N) is 1. The van der Waals surface area contributed by atoms with E-state index in [1.165, 1.54) is 16.7 Å². The first-order chi connectivity index (χ1) is 9.63. The number of carboxylic acids is 1. The standard InChI is InChI=1S/C17H17NO2/c1-12-8-13(6-7-16(12)17(19)20)9-18-10-14-4-2-3-5-15(14)11-18/h2-8H,9-11H2,1H3,(H,19,20). The Hall–Kier alpha value is -2.13. The van der Waals surface area contributed by atoms with E-state index >= 15 is 0 Å². The summed E-state index contributed by atoms with van der Waals surface area (Å²) < 4.78 is 0. The lowest BCUT2D eigenvalue weighted by molar-refractivity contribution is 0.0696. The van der Waals surface area contributed by atoms with Crippen LogP contribution in [0.3, 0.4) is 0 Å². The summed E-state index contributed by atoms with van der Waals surface area (Å²) in [6.07, 6.45) is 0. The Morgan fingerprint density at radius 1 is 1.15 bits per heavy atom. The van der Waals surface area contributed by atoms with Crippen molar-refractivity contribution in [2.24, 2.45) is 0 Å². The van der Waals surface area contributed by atoms with Gasteiger partial charge in [0.2, 0.25) is 0 Å². The summed E-state index contributed by atoms with van der Waals surface area (Å²) in [5.41, 5.74) is 5.17. The number of carboxylic acid groups (broad SMARTS) is 1. The molecule has 3 nitrogen and oxygen atoms in total. The van der Waals surface area contributed by atoms with E-state index in [1.807, 2.05) is 19.1 Å². The van der Waals surface area contributed by atoms with E-state index in [9.17, 15) is 4.79 Å². The van der Waals surface area contributed by atoms with Gasteiger partial charge in [0.05, 0.1) is 5.56 Å². The molecule has 3 rings (SSSR count). The Morgan fingerprint density at radius 3 is 2.35 bits per heavy atom. The van der Waals surface area contributed by atoms with Crippen molar-refractivity contribution in [2.75, 3.05) is 0 Å². The average molecular weight is 267 g/mol. The van der Waals surface area contributed by atoms with Crippen molar-refractivity contribution in [2.45, 2.75) is 26.6 Å². The lowest BCUT2D eigenvalue weighted by Crippen LogP contribution is -2.16. The molecule has 0 saturated heterocycles. The second kappa shape index (κ2) is 5.10. The van der Waals surface area contributed by atoms with Gasteiger partial charge in [0.25, 0.3) is 0 Å². The van der Waals surface area contributed by atoms with Crippen LogP contribution in [0, 0.1) is 6.92 Å². The highest BCUT2D eigenvalue weighted by Crippen LogP contribution is 2.24. The maximum atomic E-state index is 11.0. The van der Waals surface area contributed by atoms with Crippen LogP contribution >= 0.6 is 0 Å². The van der Waals surface area contributed by atoms with Crippen LogP contribution in [0.2, 0.25) is 0 Å². The molecule has 102 valence electrons. The van der Waals surface area contributed by atoms with Crippen LogP contribution in [-0.4, -0.2) is 16.0 Å². The van der Waals surface area contributed by atoms with Crippen molar-refractivity contribution in [1.29, 1.82) is 0 Å². The predicted octanol–water partition coefficient (Wildman–Crippen LogP) is 3.21. The van der Waals surface area contributed by atoms with Crippen LogP contribution in [0.5, 0.6) is 0 Å². The third-order valence-electron chi connectivity index (χ3n) is 3.83. The highest BCUT2D eigenvalue weighted by Gasteiger charge is 2.18. The maximum absolute atomic E-state index is 11.0. The fraction of sp³-hybridized carbons (Fsp3) is 0.235. The topological polar surface area (TPSA) is 40.5 Å². The van der Waals surface area contributed by atoms with Gasteiger partial charge in [-0.3, -0.25) is 4.90 Å². The first-order valence-corrected chi connectivity index (χ1v) is 6.75. The largest absolute Gasteiger partial charge is 0.478 e. The average Bonchev–Trinajstić information content (AvgIpc) is 2.80. The summed E-state index contributed by atoms with van der Waals surface area (Å²) in [4.78, 5) is 13.4. The Morgan fingerprint density at radius 2 is 1.80 bits per heavy atom. The van der Waals surface area contributed by atoms with Crippen LogP contribution in [-0.2, 0) is 19.6 Å². The SMILES string of the molecule is Cc1cc(CN2Cc3ccccc3C2)ccc1C(=O)O. The number of aromatic carboxylic acids is 1. The zero-order valence-electron chi connectivity index (χ0n) is 11.5. The van der Waals surface area contributed by atoms with Crippen LogP contribution < -0.4 is 0 Å². The highest BCUT2D eigenvalue weighted by atomic mass is 16.4. The molecule has 1 N–H and O–H groups in total. The van der Waals surface area contributed by atoms with Gasteiger partial charge in [-0.25, -0.2) is 4.79 Å². The molecule has 0 saturated carbocycles. The van der Waals surface area contributed by atoms with Crippen LogP contribution in [0.25, 0.3) is 0 Å². The fourth-order valence-electron chi connectivity index (χ4n) is 2.84. The first kappa shape index (κ1) is 12.9. The number of benzene rings is 2. The lowest BCUT2D eigenvalue weighted by Gasteiger charge is -2.15. The molecule has 20 heavy (non-hydrogen) atoms. The van der Waals surface area contributed by atoms with Gasteiger partial charge in [0.15, 0.2) is 0 Å². The molecule has 0 fully saturated rings. The van der Waals surface area contributed by atoms with E-state index in [2.05, 4.69) is 29.2 Å². The Labute approximate surface area is 118 Å². The van der Waals surface area contributed by atoms with Gasteiger partial charge >= 0.3 is 5.97 Å². The zero-order chi connectivity index (χ0) is 14.1. The first-order valence-electron chi connectivity index (χ1n) is 6.75.